The third-order valence-corrected chi connectivity index (χ3v) is 3.64. The number of rotatable bonds is 5. The highest BCUT2D eigenvalue weighted by atomic mass is 35.5. The number of nitrogens with one attached hydrogen (secondary N) is 1. The molecule has 0 saturated heterocycles. The van der Waals surface area contributed by atoms with Crippen LogP contribution in [-0.2, 0) is 4.79 Å². The topological polar surface area (TPSA) is 29.1 Å². The van der Waals surface area contributed by atoms with Gasteiger partial charge in [-0.3, -0.25) is 4.79 Å². The Hall–Kier alpha value is -0.240. The first-order chi connectivity index (χ1) is 7.22. The maximum absolute atomic E-state index is 11.6. The number of carbonyl (C=O) groups excluding carboxylic acids is 1. The first kappa shape index (κ1) is 12.8. The Kier molecular flexibility index (Phi) is 6.07. The molecule has 1 aliphatic rings. The quantitative estimate of drug-likeness (QED) is 0.725. The van der Waals surface area contributed by atoms with E-state index >= 15 is 0 Å². The molecule has 0 spiro atoms. The van der Waals surface area contributed by atoms with Crippen LogP contribution in [0.1, 0.15) is 45.4 Å². The van der Waals surface area contributed by atoms with Crippen LogP contribution in [0.3, 0.4) is 0 Å². The van der Waals surface area contributed by atoms with E-state index in [4.69, 9.17) is 11.6 Å². The van der Waals surface area contributed by atoms with Crippen molar-refractivity contribution in [2.75, 3.05) is 12.4 Å². The summed E-state index contributed by atoms with van der Waals surface area (Å²) >= 11 is 5.68. The second-order valence-electron chi connectivity index (χ2n) is 4.77. The van der Waals surface area contributed by atoms with Crippen LogP contribution in [0.25, 0.3) is 0 Å². The van der Waals surface area contributed by atoms with Crippen molar-refractivity contribution >= 4 is 17.5 Å². The maximum Gasteiger partial charge on any atom is 0.220 e. The summed E-state index contributed by atoms with van der Waals surface area (Å²) in [5, 5.41) is 2.96. The van der Waals surface area contributed by atoms with E-state index in [0.717, 1.165) is 13.0 Å². The van der Waals surface area contributed by atoms with Crippen molar-refractivity contribution in [3.63, 3.8) is 0 Å². The highest BCUT2D eigenvalue weighted by Gasteiger charge is 2.16. The van der Waals surface area contributed by atoms with Crippen LogP contribution in [0.4, 0.5) is 0 Å². The highest BCUT2D eigenvalue weighted by Crippen LogP contribution is 2.25. The Bertz CT molecular complexity index is 190. The fourth-order valence-electron chi connectivity index (χ4n) is 2.07. The van der Waals surface area contributed by atoms with Crippen LogP contribution < -0.4 is 5.32 Å². The summed E-state index contributed by atoms with van der Waals surface area (Å²) in [6.45, 7) is 2.77. The SMILES string of the molecule is CC(CCl)CNC(=O)CC1CCCCC1. The number of alkyl halides is 1. The molecule has 88 valence electrons. The summed E-state index contributed by atoms with van der Waals surface area (Å²) in [7, 11) is 0. The van der Waals surface area contributed by atoms with Gasteiger partial charge in [0, 0.05) is 18.8 Å². The first-order valence-electron chi connectivity index (χ1n) is 6.05. The molecule has 0 aromatic heterocycles. The lowest BCUT2D eigenvalue weighted by molar-refractivity contribution is -0.122. The van der Waals surface area contributed by atoms with Gasteiger partial charge in [0.05, 0.1) is 0 Å². The first-order valence-corrected chi connectivity index (χ1v) is 6.58. The normalized spacial score (nSPS) is 19.9. The number of halogens is 1. The van der Waals surface area contributed by atoms with Crippen LogP contribution in [0.2, 0.25) is 0 Å². The summed E-state index contributed by atoms with van der Waals surface area (Å²) in [6.07, 6.45) is 7.14. The smallest absolute Gasteiger partial charge is 0.220 e. The minimum absolute atomic E-state index is 0.207. The lowest BCUT2D eigenvalue weighted by Crippen LogP contribution is -2.30. The van der Waals surface area contributed by atoms with Gasteiger partial charge in [0.2, 0.25) is 5.91 Å². The van der Waals surface area contributed by atoms with Crippen LogP contribution in [0.15, 0.2) is 0 Å². The number of carbonyl (C=O) groups is 1. The zero-order chi connectivity index (χ0) is 11.1. The molecule has 2 nitrogen and oxygen atoms in total. The van der Waals surface area contributed by atoms with E-state index in [-0.39, 0.29) is 5.91 Å². The zero-order valence-corrected chi connectivity index (χ0v) is 10.4. The van der Waals surface area contributed by atoms with Gasteiger partial charge in [-0.15, -0.1) is 11.6 Å². The molecule has 0 aliphatic heterocycles. The van der Waals surface area contributed by atoms with Crippen molar-refractivity contribution in [3.05, 3.63) is 0 Å². The van der Waals surface area contributed by atoms with Crippen LogP contribution >= 0.6 is 11.6 Å². The molecule has 3 heteroatoms. The predicted molar refractivity (Wildman–Crippen MR) is 64.1 cm³/mol. The molecule has 0 bridgehead atoms. The van der Waals surface area contributed by atoms with Crippen molar-refractivity contribution in [2.24, 2.45) is 11.8 Å². The fraction of sp³-hybridized carbons (Fsp3) is 0.917. The molecule has 1 aliphatic carbocycles. The summed E-state index contributed by atoms with van der Waals surface area (Å²) in [4.78, 5) is 11.6. The van der Waals surface area contributed by atoms with Gasteiger partial charge in [0.25, 0.3) is 0 Å². The Balaban J connectivity index is 2.11. The lowest BCUT2D eigenvalue weighted by Gasteiger charge is -2.21. The molecular formula is C12H22ClNO. The van der Waals surface area contributed by atoms with E-state index in [1.165, 1.54) is 32.1 Å². The Morgan fingerprint density at radius 3 is 2.67 bits per heavy atom. The molecule has 0 heterocycles. The summed E-state index contributed by atoms with van der Waals surface area (Å²) in [6, 6.07) is 0. The van der Waals surface area contributed by atoms with Crippen molar-refractivity contribution in [1.82, 2.24) is 5.32 Å². The van der Waals surface area contributed by atoms with Gasteiger partial charge in [-0.25, -0.2) is 0 Å². The van der Waals surface area contributed by atoms with Gasteiger partial charge in [-0.05, 0) is 24.7 Å². The highest BCUT2D eigenvalue weighted by molar-refractivity contribution is 6.18. The lowest BCUT2D eigenvalue weighted by atomic mass is 9.87. The Labute approximate surface area is 97.8 Å². The molecule has 1 atom stereocenters. The zero-order valence-electron chi connectivity index (χ0n) is 9.60. The van der Waals surface area contributed by atoms with E-state index in [9.17, 15) is 4.79 Å². The minimum atomic E-state index is 0.207. The molecule has 1 unspecified atom stereocenters. The third-order valence-electron chi connectivity index (χ3n) is 3.11. The molecule has 15 heavy (non-hydrogen) atoms. The third kappa shape index (κ3) is 5.41. The van der Waals surface area contributed by atoms with Crippen molar-refractivity contribution in [1.29, 1.82) is 0 Å². The van der Waals surface area contributed by atoms with Gasteiger partial charge in [0.1, 0.15) is 0 Å². The molecule has 1 amide bonds. The van der Waals surface area contributed by atoms with Gasteiger partial charge in [0.15, 0.2) is 0 Å². The number of amides is 1. The van der Waals surface area contributed by atoms with Gasteiger partial charge in [-0.2, -0.15) is 0 Å². The average molecular weight is 232 g/mol. The molecule has 1 saturated carbocycles. The number of hydrogen-bond donors (Lipinski definition) is 1. The average Bonchev–Trinajstić information content (AvgIpc) is 2.27. The Morgan fingerprint density at radius 1 is 1.40 bits per heavy atom. The van der Waals surface area contributed by atoms with E-state index in [2.05, 4.69) is 5.32 Å². The van der Waals surface area contributed by atoms with Gasteiger partial charge in [-0.1, -0.05) is 26.2 Å². The predicted octanol–water partition coefficient (Wildman–Crippen LogP) is 2.95. The van der Waals surface area contributed by atoms with Crippen LogP contribution in [-0.4, -0.2) is 18.3 Å². The maximum atomic E-state index is 11.6. The van der Waals surface area contributed by atoms with Crippen LogP contribution in [0.5, 0.6) is 0 Å². The summed E-state index contributed by atoms with van der Waals surface area (Å²) in [5.41, 5.74) is 0. The summed E-state index contributed by atoms with van der Waals surface area (Å²) in [5.74, 6) is 1.83. The molecule has 1 rings (SSSR count). The minimum Gasteiger partial charge on any atom is -0.356 e. The fourth-order valence-corrected chi connectivity index (χ4v) is 2.18. The van der Waals surface area contributed by atoms with E-state index in [1.807, 2.05) is 6.92 Å². The molecule has 0 radical (unpaired) electrons. The second kappa shape index (κ2) is 7.10. The van der Waals surface area contributed by atoms with E-state index in [1.54, 1.807) is 0 Å². The van der Waals surface area contributed by atoms with Crippen LogP contribution in [0, 0.1) is 11.8 Å². The van der Waals surface area contributed by atoms with Crippen molar-refractivity contribution in [2.45, 2.75) is 45.4 Å². The Morgan fingerprint density at radius 2 is 2.07 bits per heavy atom. The monoisotopic (exact) mass is 231 g/mol. The standard InChI is InChI=1S/C12H22ClNO/c1-10(8-13)9-14-12(15)7-11-5-3-2-4-6-11/h10-11H,2-9H2,1H3,(H,14,15). The summed E-state index contributed by atoms with van der Waals surface area (Å²) < 4.78 is 0. The van der Waals surface area contributed by atoms with Gasteiger partial charge < -0.3 is 5.32 Å². The van der Waals surface area contributed by atoms with E-state index in [0.29, 0.717) is 17.7 Å². The van der Waals surface area contributed by atoms with Crippen molar-refractivity contribution < 1.29 is 4.79 Å². The number of hydrogen-bond acceptors (Lipinski definition) is 1. The molecular weight excluding hydrogens is 210 g/mol. The molecule has 1 N–H and O–H groups in total. The van der Waals surface area contributed by atoms with E-state index < -0.39 is 0 Å². The van der Waals surface area contributed by atoms with Crippen molar-refractivity contribution in [3.8, 4) is 0 Å². The second-order valence-corrected chi connectivity index (χ2v) is 5.08. The molecule has 1 fully saturated rings. The molecule has 0 aromatic rings. The largest absolute Gasteiger partial charge is 0.356 e. The molecule has 0 aromatic carbocycles. The van der Waals surface area contributed by atoms with Gasteiger partial charge >= 0.3 is 0 Å².